The van der Waals surface area contributed by atoms with Gasteiger partial charge in [-0.05, 0) is 23.5 Å². The van der Waals surface area contributed by atoms with E-state index in [2.05, 4.69) is 56.5 Å². The highest BCUT2D eigenvalue weighted by Crippen LogP contribution is 2.40. The van der Waals surface area contributed by atoms with Gasteiger partial charge in [0.15, 0.2) is 0 Å². The van der Waals surface area contributed by atoms with Crippen LogP contribution in [0.3, 0.4) is 0 Å². The van der Waals surface area contributed by atoms with Crippen LogP contribution < -0.4 is 4.90 Å². The van der Waals surface area contributed by atoms with E-state index in [1.165, 1.54) is 11.3 Å². The van der Waals surface area contributed by atoms with Crippen molar-refractivity contribution >= 4 is 5.69 Å². The number of anilines is 1. The van der Waals surface area contributed by atoms with Crippen LogP contribution in [-0.2, 0) is 0 Å². The summed E-state index contributed by atoms with van der Waals surface area (Å²) in [7, 11) is 0. The van der Waals surface area contributed by atoms with Crippen LogP contribution in [0.2, 0.25) is 0 Å². The van der Waals surface area contributed by atoms with E-state index in [0.29, 0.717) is 5.92 Å². The molecule has 2 unspecified atom stereocenters. The van der Waals surface area contributed by atoms with Crippen molar-refractivity contribution in [1.82, 2.24) is 0 Å². The number of nitrogens with zero attached hydrogens (tertiary/aromatic N) is 1. The third-order valence-electron chi connectivity index (χ3n) is 4.01. The molecule has 0 spiro atoms. The largest absolute Gasteiger partial charge is 0.393 e. The van der Waals surface area contributed by atoms with Crippen molar-refractivity contribution in [3.8, 4) is 0 Å². The maximum Gasteiger partial charge on any atom is 0.0595 e. The van der Waals surface area contributed by atoms with Gasteiger partial charge in [0, 0.05) is 24.7 Å². The van der Waals surface area contributed by atoms with Gasteiger partial charge < -0.3 is 10.0 Å². The lowest BCUT2D eigenvalue weighted by molar-refractivity contribution is 0.0504. The van der Waals surface area contributed by atoms with Gasteiger partial charge in [0.2, 0.25) is 0 Å². The Bertz CT molecular complexity index is 447. The van der Waals surface area contributed by atoms with Gasteiger partial charge in [0.25, 0.3) is 0 Å². The fourth-order valence-corrected chi connectivity index (χ4v) is 2.74. The molecule has 0 aromatic heterocycles. The van der Waals surface area contributed by atoms with E-state index < -0.39 is 0 Å². The molecular formula is C17H25NO. The molecule has 1 aromatic rings. The zero-order chi connectivity index (χ0) is 14.0. The Kier molecular flexibility index (Phi) is 4.00. The average Bonchev–Trinajstić information content (AvgIpc) is 2.68. The first-order valence-corrected chi connectivity index (χ1v) is 7.06. The first kappa shape index (κ1) is 14.1. The van der Waals surface area contributed by atoms with Crippen LogP contribution in [0.4, 0.5) is 5.69 Å². The van der Waals surface area contributed by atoms with Gasteiger partial charge in [0.05, 0.1) is 6.10 Å². The SMILES string of the molecule is C=CCN1CC(CC(O)C(C)(C)C)c2ccccc21. The molecule has 1 N–H and O–H groups in total. The number of aliphatic hydroxyl groups is 1. The minimum atomic E-state index is -0.269. The van der Waals surface area contributed by atoms with E-state index >= 15 is 0 Å². The molecule has 2 rings (SSSR count). The van der Waals surface area contributed by atoms with E-state index in [1.807, 2.05) is 6.08 Å². The Balaban J connectivity index is 2.18. The summed E-state index contributed by atoms with van der Waals surface area (Å²) in [6.45, 7) is 12.0. The second kappa shape index (κ2) is 5.38. The molecule has 0 saturated heterocycles. The zero-order valence-corrected chi connectivity index (χ0v) is 12.3. The summed E-state index contributed by atoms with van der Waals surface area (Å²) >= 11 is 0. The van der Waals surface area contributed by atoms with E-state index in [4.69, 9.17) is 0 Å². The van der Waals surface area contributed by atoms with Gasteiger partial charge >= 0.3 is 0 Å². The molecule has 2 atom stereocenters. The van der Waals surface area contributed by atoms with Gasteiger partial charge in [-0.1, -0.05) is 45.0 Å². The summed E-state index contributed by atoms with van der Waals surface area (Å²) < 4.78 is 0. The molecule has 1 aromatic carbocycles. The minimum Gasteiger partial charge on any atom is -0.393 e. The van der Waals surface area contributed by atoms with Crippen LogP contribution in [0.25, 0.3) is 0 Å². The molecule has 0 saturated carbocycles. The third kappa shape index (κ3) is 3.01. The molecular weight excluding hydrogens is 234 g/mol. The lowest BCUT2D eigenvalue weighted by Gasteiger charge is -2.28. The first-order valence-electron chi connectivity index (χ1n) is 7.06. The van der Waals surface area contributed by atoms with E-state index in [-0.39, 0.29) is 11.5 Å². The smallest absolute Gasteiger partial charge is 0.0595 e. The number of rotatable bonds is 4. The van der Waals surface area contributed by atoms with Crippen LogP contribution in [0.1, 0.15) is 38.7 Å². The molecule has 19 heavy (non-hydrogen) atoms. The van der Waals surface area contributed by atoms with Gasteiger partial charge in [-0.25, -0.2) is 0 Å². The highest BCUT2D eigenvalue weighted by atomic mass is 16.3. The lowest BCUT2D eigenvalue weighted by Crippen LogP contribution is -2.29. The van der Waals surface area contributed by atoms with Crippen molar-refractivity contribution in [2.45, 2.75) is 39.2 Å². The van der Waals surface area contributed by atoms with Gasteiger partial charge in [-0.2, -0.15) is 0 Å². The topological polar surface area (TPSA) is 23.5 Å². The summed E-state index contributed by atoms with van der Waals surface area (Å²) in [5.74, 6) is 0.422. The molecule has 1 aliphatic rings. The fraction of sp³-hybridized carbons (Fsp3) is 0.529. The van der Waals surface area contributed by atoms with Crippen molar-refractivity contribution in [1.29, 1.82) is 0 Å². The molecule has 0 aliphatic carbocycles. The highest BCUT2D eigenvalue weighted by molar-refractivity contribution is 5.60. The lowest BCUT2D eigenvalue weighted by atomic mass is 9.82. The Morgan fingerprint density at radius 2 is 2.11 bits per heavy atom. The number of para-hydroxylation sites is 1. The number of hydrogen-bond acceptors (Lipinski definition) is 2. The average molecular weight is 259 g/mol. The Hall–Kier alpha value is -1.28. The van der Waals surface area contributed by atoms with Crippen molar-refractivity contribution < 1.29 is 5.11 Å². The van der Waals surface area contributed by atoms with Gasteiger partial charge in [-0.15, -0.1) is 6.58 Å². The Morgan fingerprint density at radius 1 is 1.42 bits per heavy atom. The quantitative estimate of drug-likeness (QED) is 0.836. The Morgan fingerprint density at radius 3 is 2.74 bits per heavy atom. The molecule has 2 nitrogen and oxygen atoms in total. The van der Waals surface area contributed by atoms with E-state index in [1.54, 1.807) is 0 Å². The predicted molar refractivity (Wildman–Crippen MR) is 81.7 cm³/mol. The second-order valence-electron chi connectivity index (χ2n) is 6.57. The zero-order valence-electron chi connectivity index (χ0n) is 12.3. The maximum atomic E-state index is 10.3. The number of hydrogen-bond donors (Lipinski definition) is 1. The Labute approximate surface area is 116 Å². The third-order valence-corrected chi connectivity index (χ3v) is 4.01. The van der Waals surface area contributed by atoms with Crippen molar-refractivity contribution in [2.24, 2.45) is 5.41 Å². The van der Waals surface area contributed by atoms with Crippen LogP contribution in [-0.4, -0.2) is 24.3 Å². The van der Waals surface area contributed by atoms with E-state index in [0.717, 1.165) is 19.5 Å². The fourth-order valence-electron chi connectivity index (χ4n) is 2.74. The molecule has 104 valence electrons. The van der Waals surface area contributed by atoms with E-state index in [9.17, 15) is 5.11 Å². The number of fused-ring (bicyclic) bond motifs is 1. The van der Waals surface area contributed by atoms with Crippen molar-refractivity contribution in [3.63, 3.8) is 0 Å². The standard InChI is InChI=1S/C17H25NO/c1-5-10-18-12-13(11-16(19)17(2,3)4)14-8-6-7-9-15(14)18/h5-9,13,16,19H,1,10-12H2,2-4H3. The molecule has 1 heterocycles. The highest BCUT2D eigenvalue weighted by Gasteiger charge is 2.32. The predicted octanol–water partition coefficient (Wildman–Crippen LogP) is 3.57. The summed E-state index contributed by atoms with van der Waals surface area (Å²) in [5.41, 5.74) is 2.61. The number of aliphatic hydroxyl groups excluding tert-OH is 1. The summed E-state index contributed by atoms with van der Waals surface area (Å²) in [5, 5.41) is 10.3. The normalized spacial score (nSPS) is 20.2. The van der Waals surface area contributed by atoms with Crippen molar-refractivity contribution in [3.05, 3.63) is 42.5 Å². The van der Waals surface area contributed by atoms with Gasteiger partial charge in [0.1, 0.15) is 0 Å². The maximum absolute atomic E-state index is 10.3. The molecule has 0 bridgehead atoms. The summed E-state index contributed by atoms with van der Waals surface area (Å²) in [6, 6.07) is 8.53. The molecule has 0 amide bonds. The van der Waals surface area contributed by atoms with Crippen LogP contribution in [0.5, 0.6) is 0 Å². The minimum absolute atomic E-state index is 0.0548. The molecule has 1 aliphatic heterocycles. The number of benzene rings is 1. The first-order chi connectivity index (χ1) is 8.93. The van der Waals surface area contributed by atoms with Gasteiger partial charge in [-0.3, -0.25) is 0 Å². The summed E-state index contributed by atoms with van der Waals surface area (Å²) in [4.78, 5) is 2.35. The van der Waals surface area contributed by atoms with Crippen molar-refractivity contribution in [2.75, 3.05) is 18.0 Å². The second-order valence-corrected chi connectivity index (χ2v) is 6.57. The molecule has 2 heteroatoms. The van der Waals surface area contributed by atoms with Crippen LogP contribution in [0, 0.1) is 5.41 Å². The molecule has 0 radical (unpaired) electrons. The monoisotopic (exact) mass is 259 g/mol. The van der Waals surface area contributed by atoms with Crippen LogP contribution in [0.15, 0.2) is 36.9 Å². The summed E-state index contributed by atoms with van der Waals surface area (Å²) in [6.07, 6.45) is 2.50. The van der Waals surface area contributed by atoms with Crippen LogP contribution >= 0.6 is 0 Å². The molecule has 0 fully saturated rings.